The number of methoxy groups -OCH3 is 2. The average molecular weight is 311 g/mol. The fraction of sp³-hybridized carbons (Fsp3) is 0.167. The van der Waals surface area contributed by atoms with Gasteiger partial charge < -0.3 is 9.47 Å². The lowest BCUT2D eigenvalue weighted by molar-refractivity contribution is 0.395. The van der Waals surface area contributed by atoms with Crippen LogP contribution < -0.4 is 9.47 Å². The van der Waals surface area contributed by atoms with Gasteiger partial charge in [0.25, 0.3) is 0 Å². The van der Waals surface area contributed by atoms with Crippen LogP contribution >= 0.6 is 11.3 Å². The molecule has 0 aliphatic carbocycles. The van der Waals surface area contributed by atoms with E-state index in [1.54, 1.807) is 25.6 Å². The molecule has 22 heavy (non-hydrogen) atoms. The lowest BCUT2D eigenvalue weighted by Gasteiger charge is -2.09. The largest absolute Gasteiger partial charge is 0.497 e. The van der Waals surface area contributed by atoms with Gasteiger partial charge in [-0.3, -0.25) is 0 Å². The van der Waals surface area contributed by atoms with Gasteiger partial charge in [-0.1, -0.05) is 30.3 Å². The summed E-state index contributed by atoms with van der Waals surface area (Å²) in [7, 11) is 3.31. The highest BCUT2D eigenvalue weighted by molar-refractivity contribution is 7.15. The highest BCUT2D eigenvalue weighted by Gasteiger charge is 2.15. The van der Waals surface area contributed by atoms with Gasteiger partial charge in [0.1, 0.15) is 16.5 Å². The van der Waals surface area contributed by atoms with Gasteiger partial charge in [0.05, 0.1) is 19.9 Å². The summed E-state index contributed by atoms with van der Waals surface area (Å²) in [5.74, 6) is 1.55. The van der Waals surface area contributed by atoms with Crippen molar-refractivity contribution in [2.45, 2.75) is 6.92 Å². The Labute approximate surface area is 134 Å². The van der Waals surface area contributed by atoms with E-state index in [0.29, 0.717) is 0 Å². The molecule has 3 nitrogen and oxygen atoms in total. The van der Waals surface area contributed by atoms with Crippen molar-refractivity contribution in [1.82, 2.24) is 4.98 Å². The molecule has 0 amide bonds. The Morgan fingerprint density at radius 2 is 1.73 bits per heavy atom. The zero-order chi connectivity index (χ0) is 15.5. The quantitative estimate of drug-likeness (QED) is 0.693. The van der Waals surface area contributed by atoms with Crippen LogP contribution in [0.15, 0.2) is 48.5 Å². The first-order valence-electron chi connectivity index (χ1n) is 6.98. The predicted molar refractivity (Wildman–Crippen MR) is 90.8 cm³/mol. The van der Waals surface area contributed by atoms with Gasteiger partial charge in [0, 0.05) is 22.1 Å². The highest BCUT2D eigenvalue weighted by atomic mass is 32.1. The number of nitrogens with zero attached hydrogens (tertiary/aromatic N) is 1. The van der Waals surface area contributed by atoms with E-state index in [4.69, 9.17) is 14.5 Å². The van der Waals surface area contributed by atoms with Crippen LogP contribution in [0.5, 0.6) is 11.5 Å². The summed E-state index contributed by atoms with van der Waals surface area (Å²) in [6, 6.07) is 16.0. The topological polar surface area (TPSA) is 31.4 Å². The minimum atomic E-state index is 0.771. The van der Waals surface area contributed by atoms with Crippen molar-refractivity contribution in [3.63, 3.8) is 0 Å². The van der Waals surface area contributed by atoms with Crippen LogP contribution in [0, 0.1) is 6.92 Å². The summed E-state index contributed by atoms with van der Waals surface area (Å²) in [4.78, 5) is 5.98. The molecule has 0 aliphatic heterocycles. The van der Waals surface area contributed by atoms with Gasteiger partial charge >= 0.3 is 0 Å². The number of hydrogen-bond donors (Lipinski definition) is 0. The number of hydrogen-bond acceptors (Lipinski definition) is 4. The van der Waals surface area contributed by atoms with E-state index in [1.165, 1.54) is 4.88 Å². The Hall–Kier alpha value is -2.33. The van der Waals surface area contributed by atoms with Crippen LogP contribution in [0.4, 0.5) is 0 Å². The summed E-state index contributed by atoms with van der Waals surface area (Å²) in [6.45, 7) is 2.09. The van der Waals surface area contributed by atoms with Crippen LogP contribution in [-0.2, 0) is 0 Å². The van der Waals surface area contributed by atoms with E-state index in [1.807, 2.05) is 36.4 Å². The van der Waals surface area contributed by atoms with E-state index >= 15 is 0 Å². The summed E-state index contributed by atoms with van der Waals surface area (Å²) in [5.41, 5.74) is 3.08. The number of benzene rings is 2. The first-order valence-corrected chi connectivity index (χ1v) is 7.80. The molecule has 1 heterocycles. The SMILES string of the molecule is COc1ccc(-c2nc(-c3ccccc3)sc2C)c(OC)c1. The van der Waals surface area contributed by atoms with Gasteiger partial charge in [-0.2, -0.15) is 0 Å². The molecule has 0 spiro atoms. The second-order valence-electron chi connectivity index (χ2n) is 4.86. The molecular formula is C18H17NO2S. The van der Waals surface area contributed by atoms with Crippen molar-refractivity contribution < 1.29 is 9.47 Å². The summed E-state index contributed by atoms with van der Waals surface area (Å²) < 4.78 is 10.8. The third-order valence-corrected chi connectivity index (χ3v) is 4.50. The molecule has 3 rings (SSSR count). The molecule has 0 saturated heterocycles. The molecule has 0 bridgehead atoms. The molecule has 4 heteroatoms. The smallest absolute Gasteiger partial charge is 0.131 e. The van der Waals surface area contributed by atoms with Crippen molar-refractivity contribution in [2.75, 3.05) is 14.2 Å². The average Bonchev–Trinajstić information content (AvgIpc) is 2.96. The number of aryl methyl sites for hydroxylation is 1. The molecule has 1 aromatic heterocycles. The molecule has 0 saturated carbocycles. The first-order chi connectivity index (χ1) is 10.7. The van der Waals surface area contributed by atoms with Crippen molar-refractivity contribution in [3.8, 4) is 33.3 Å². The molecule has 0 aliphatic rings. The summed E-state index contributed by atoms with van der Waals surface area (Å²) in [6.07, 6.45) is 0. The van der Waals surface area contributed by atoms with Gasteiger partial charge in [-0.05, 0) is 19.1 Å². The monoisotopic (exact) mass is 311 g/mol. The Kier molecular flexibility index (Phi) is 4.11. The Morgan fingerprint density at radius 3 is 2.41 bits per heavy atom. The van der Waals surface area contributed by atoms with Crippen LogP contribution in [0.25, 0.3) is 21.8 Å². The van der Waals surface area contributed by atoms with E-state index in [-0.39, 0.29) is 0 Å². The van der Waals surface area contributed by atoms with E-state index in [9.17, 15) is 0 Å². The molecule has 0 unspecified atom stereocenters. The second kappa shape index (κ2) is 6.20. The molecule has 3 aromatic rings. The Bertz CT molecular complexity index is 781. The van der Waals surface area contributed by atoms with Gasteiger partial charge in [-0.15, -0.1) is 11.3 Å². The molecule has 0 fully saturated rings. The number of rotatable bonds is 4. The van der Waals surface area contributed by atoms with Gasteiger partial charge in [0.15, 0.2) is 0 Å². The van der Waals surface area contributed by atoms with Crippen LogP contribution in [0.2, 0.25) is 0 Å². The molecular weight excluding hydrogens is 294 g/mol. The third-order valence-electron chi connectivity index (χ3n) is 3.48. The first kappa shape index (κ1) is 14.6. The normalized spacial score (nSPS) is 10.5. The fourth-order valence-corrected chi connectivity index (χ4v) is 3.28. The fourth-order valence-electron chi connectivity index (χ4n) is 2.34. The zero-order valence-corrected chi connectivity index (χ0v) is 13.6. The second-order valence-corrected chi connectivity index (χ2v) is 6.06. The van der Waals surface area contributed by atoms with Gasteiger partial charge in [-0.25, -0.2) is 4.98 Å². The number of ether oxygens (including phenoxy) is 2. The van der Waals surface area contributed by atoms with E-state index < -0.39 is 0 Å². The Balaban J connectivity index is 2.08. The lowest BCUT2D eigenvalue weighted by Crippen LogP contribution is -1.91. The Morgan fingerprint density at radius 1 is 0.955 bits per heavy atom. The zero-order valence-electron chi connectivity index (χ0n) is 12.8. The highest BCUT2D eigenvalue weighted by Crippen LogP contribution is 2.38. The van der Waals surface area contributed by atoms with Crippen molar-refractivity contribution in [3.05, 3.63) is 53.4 Å². The maximum atomic E-state index is 5.50. The number of thiazole rings is 1. The molecule has 2 aromatic carbocycles. The summed E-state index contributed by atoms with van der Waals surface area (Å²) in [5, 5.41) is 1.02. The molecule has 0 radical (unpaired) electrons. The molecule has 0 N–H and O–H groups in total. The van der Waals surface area contributed by atoms with Crippen LogP contribution in [0.3, 0.4) is 0 Å². The van der Waals surface area contributed by atoms with Crippen molar-refractivity contribution >= 4 is 11.3 Å². The van der Waals surface area contributed by atoms with E-state index in [2.05, 4.69) is 19.1 Å². The summed E-state index contributed by atoms with van der Waals surface area (Å²) >= 11 is 1.69. The standard InChI is InChI=1S/C18H17NO2S/c1-12-17(15-10-9-14(20-2)11-16(15)21-3)19-18(22-12)13-7-5-4-6-8-13/h4-11H,1-3H3. The van der Waals surface area contributed by atoms with Gasteiger partial charge in [0.2, 0.25) is 0 Å². The maximum Gasteiger partial charge on any atom is 0.131 e. The lowest BCUT2D eigenvalue weighted by atomic mass is 10.1. The minimum absolute atomic E-state index is 0.771. The predicted octanol–water partition coefficient (Wildman–Crippen LogP) is 4.80. The van der Waals surface area contributed by atoms with Crippen molar-refractivity contribution in [2.24, 2.45) is 0 Å². The van der Waals surface area contributed by atoms with Crippen LogP contribution in [0.1, 0.15) is 4.88 Å². The molecule has 0 atom stereocenters. The maximum absolute atomic E-state index is 5.50. The number of aromatic nitrogens is 1. The minimum Gasteiger partial charge on any atom is -0.497 e. The van der Waals surface area contributed by atoms with Crippen molar-refractivity contribution in [1.29, 1.82) is 0 Å². The van der Waals surface area contributed by atoms with E-state index in [0.717, 1.165) is 33.3 Å². The molecule has 112 valence electrons. The third kappa shape index (κ3) is 2.70. The van der Waals surface area contributed by atoms with Crippen LogP contribution in [-0.4, -0.2) is 19.2 Å².